The van der Waals surface area contributed by atoms with Gasteiger partial charge in [0.15, 0.2) is 5.78 Å². The number of nitrogens with one attached hydrogen (secondary N) is 1. The summed E-state index contributed by atoms with van der Waals surface area (Å²) in [6.07, 6.45) is 2.17. The summed E-state index contributed by atoms with van der Waals surface area (Å²) >= 11 is 0. The van der Waals surface area contributed by atoms with Gasteiger partial charge in [-0.25, -0.2) is 4.39 Å². The van der Waals surface area contributed by atoms with E-state index in [-0.39, 0.29) is 23.9 Å². The van der Waals surface area contributed by atoms with Gasteiger partial charge in [0, 0.05) is 35.0 Å². The number of ketones is 1. The molecule has 28 heavy (non-hydrogen) atoms. The Bertz CT molecular complexity index is 1170. The van der Waals surface area contributed by atoms with Crippen molar-refractivity contribution >= 4 is 16.7 Å². The Kier molecular flexibility index (Phi) is 4.74. The number of aromatic nitrogens is 1. The summed E-state index contributed by atoms with van der Waals surface area (Å²) in [5.74, 6) is -0.538. The van der Waals surface area contributed by atoms with E-state index < -0.39 is 0 Å². The predicted octanol–water partition coefficient (Wildman–Crippen LogP) is 5.58. The van der Waals surface area contributed by atoms with Crippen LogP contribution in [0.15, 0.2) is 79.0 Å². The molecule has 0 bridgehead atoms. The molecule has 0 radical (unpaired) electrons. The van der Waals surface area contributed by atoms with Gasteiger partial charge in [0.05, 0.1) is 11.6 Å². The number of Topliss-reactive ketones (excluding diaryl/α,β-unsaturated/α-hetero) is 1. The minimum Gasteiger partial charge on any atom is -0.361 e. The van der Waals surface area contributed by atoms with E-state index in [9.17, 15) is 9.18 Å². The van der Waals surface area contributed by atoms with Gasteiger partial charge in [0.2, 0.25) is 0 Å². The molecule has 1 N–H and O–H groups in total. The highest BCUT2D eigenvalue weighted by atomic mass is 19.1. The van der Waals surface area contributed by atoms with E-state index >= 15 is 0 Å². The first-order chi connectivity index (χ1) is 13.7. The maximum atomic E-state index is 13.4. The number of fused-ring (bicyclic) bond motifs is 1. The molecule has 0 fully saturated rings. The average Bonchev–Trinajstić information content (AvgIpc) is 3.16. The molecule has 1 heterocycles. The highest BCUT2D eigenvalue weighted by molar-refractivity contribution is 5.97. The van der Waals surface area contributed by atoms with Gasteiger partial charge in [0.25, 0.3) is 0 Å². The fourth-order valence-electron chi connectivity index (χ4n) is 3.52. The number of para-hydroxylation sites is 1. The lowest BCUT2D eigenvalue weighted by molar-refractivity contribution is 0.0978. The highest BCUT2D eigenvalue weighted by Crippen LogP contribution is 2.34. The zero-order valence-electron chi connectivity index (χ0n) is 15.0. The minimum absolute atomic E-state index is 0.0240. The normalized spacial score (nSPS) is 11.9. The summed E-state index contributed by atoms with van der Waals surface area (Å²) in [7, 11) is 0. The largest absolute Gasteiger partial charge is 0.361 e. The molecule has 0 aliphatic rings. The maximum absolute atomic E-state index is 13.4. The topological polar surface area (TPSA) is 56.6 Å². The number of nitriles is 1. The number of carbonyl (C=O) groups is 1. The number of nitrogens with zero attached hydrogens (tertiary/aromatic N) is 1. The highest BCUT2D eigenvalue weighted by Gasteiger charge is 2.22. The van der Waals surface area contributed by atoms with Crippen LogP contribution in [-0.2, 0) is 0 Å². The third-order valence-corrected chi connectivity index (χ3v) is 4.99. The molecule has 3 nitrogen and oxygen atoms in total. The molecule has 1 atom stereocenters. The molecule has 0 saturated carbocycles. The third kappa shape index (κ3) is 3.43. The molecule has 3 aromatic carbocycles. The lowest BCUT2D eigenvalue weighted by Crippen LogP contribution is -2.09. The Morgan fingerprint density at radius 1 is 1.00 bits per heavy atom. The minimum atomic E-state index is -0.306. The van der Waals surface area contributed by atoms with E-state index in [0.29, 0.717) is 11.1 Å². The zero-order chi connectivity index (χ0) is 19.5. The van der Waals surface area contributed by atoms with Gasteiger partial charge in [-0.3, -0.25) is 4.79 Å². The van der Waals surface area contributed by atoms with E-state index in [1.807, 2.05) is 30.5 Å². The van der Waals surface area contributed by atoms with Crippen molar-refractivity contribution in [1.29, 1.82) is 5.26 Å². The number of hydrogen-bond donors (Lipinski definition) is 1. The summed E-state index contributed by atoms with van der Waals surface area (Å²) in [4.78, 5) is 16.2. The van der Waals surface area contributed by atoms with Gasteiger partial charge in [-0.1, -0.05) is 42.5 Å². The van der Waals surface area contributed by atoms with Gasteiger partial charge in [-0.2, -0.15) is 5.26 Å². The van der Waals surface area contributed by atoms with Crippen LogP contribution in [0.25, 0.3) is 10.9 Å². The number of H-pyrrole nitrogens is 1. The Morgan fingerprint density at radius 3 is 2.43 bits per heavy atom. The van der Waals surface area contributed by atoms with Crippen molar-refractivity contribution in [3.05, 3.63) is 107 Å². The molecule has 1 unspecified atom stereocenters. The van der Waals surface area contributed by atoms with Gasteiger partial charge in [0.1, 0.15) is 5.82 Å². The fourth-order valence-corrected chi connectivity index (χ4v) is 3.52. The Labute approximate surface area is 162 Å². The maximum Gasteiger partial charge on any atom is 0.163 e. The molecule has 4 rings (SSSR count). The molecular formula is C24H17FN2O. The molecule has 0 aliphatic heterocycles. The van der Waals surface area contributed by atoms with Crippen molar-refractivity contribution in [2.75, 3.05) is 0 Å². The number of carbonyl (C=O) groups excluding carboxylic acids is 1. The lowest BCUT2D eigenvalue weighted by atomic mass is 9.85. The first-order valence-electron chi connectivity index (χ1n) is 9.00. The van der Waals surface area contributed by atoms with Crippen LogP contribution >= 0.6 is 0 Å². The number of halogens is 1. The van der Waals surface area contributed by atoms with Crippen LogP contribution in [0.3, 0.4) is 0 Å². The van der Waals surface area contributed by atoms with Crippen LogP contribution in [0.2, 0.25) is 0 Å². The monoisotopic (exact) mass is 368 g/mol. The second-order valence-corrected chi connectivity index (χ2v) is 6.71. The van der Waals surface area contributed by atoms with Crippen LogP contribution in [0, 0.1) is 17.1 Å². The molecule has 0 aliphatic carbocycles. The molecule has 0 spiro atoms. The van der Waals surface area contributed by atoms with E-state index in [4.69, 9.17) is 5.26 Å². The second-order valence-electron chi connectivity index (χ2n) is 6.71. The Hall–Kier alpha value is -3.71. The van der Waals surface area contributed by atoms with Crippen LogP contribution in [0.1, 0.15) is 39.4 Å². The summed E-state index contributed by atoms with van der Waals surface area (Å²) in [6, 6.07) is 22.9. The van der Waals surface area contributed by atoms with E-state index in [1.165, 1.54) is 12.1 Å². The van der Waals surface area contributed by atoms with Crippen LogP contribution in [0.5, 0.6) is 0 Å². The number of aromatic amines is 1. The quantitative estimate of drug-likeness (QED) is 0.467. The molecule has 1 aromatic heterocycles. The van der Waals surface area contributed by atoms with Crippen molar-refractivity contribution in [2.24, 2.45) is 0 Å². The third-order valence-electron chi connectivity index (χ3n) is 4.99. The van der Waals surface area contributed by atoms with Crippen molar-refractivity contribution in [3.63, 3.8) is 0 Å². The van der Waals surface area contributed by atoms with Crippen LogP contribution in [-0.4, -0.2) is 10.8 Å². The van der Waals surface area contributed by atoms with Crippen molar-refractivity contribution in [2.45, 2.75) is 12.3 Å². The molecule has 136 valence electrons. The summed E-state index contributed by atoms with van der Waals surface area (Å²) in [5.41, 5.74) is 3.96. The standard InChI is InChI=1S/C24H17FN2O/c25-19-11-9-17(10-12-19)21(22-15-27-23-4-2-1-3-20(22)23)13-24(28)18-7-5-16(14-26)6-8-18/h1-12,15,21,27H,13H2. The zero-order valence-corrected chi connectivity index (χ0v) is 15.0. The van der Waals surface area contributed by atoms with Gasteiger partial charge in [-0.05, 0) is 41.5 Å². The lowest BCUT2D eigenvalue weighted by Gasteiger charge is -2.17. The summed E-state index contributed by atoms with van der Waals surface area (Å²) in [6.45, 7) is 0. The van der Waals surface area contributed by atoms with Gasteiger partial charge in [-0.15, -0.1) is 0 Å². The van der Waals surface area contributed by atoms with E-state index in [2.05, 4.69) is 11.1 Å². The van der Waals surface area contributed by atoms with Gasteiger partial charge < -0.3 is 4.98 Å². The summed E-state index contributed by atoms with van der Waals surface area (Å²) < 4.78 is 13.4. The predicted molar refractivity (Wildman–Crippen MR) is 107 cm³/mol. The summed E-state index contributed by atoms with van der Waals surface area (Å²) in [5, 5.41) is 9.99. The second kappa shape index (κ2) is 7.50. The SMILES string of the molecule is N#Cc1ccc(C(=O)CC(c2ccc(F)cc2)c2c[nH]c3ccccc23)cc1. The Morgan fingerprint density at radius 2 is 1.71 bits per heavy atom. The van der Waals surface area contributed by atoms with Crippen molar-refractivity contribution in [1.82, 2.24) is 4.98 Å². The first kappa shape index (κ1) is 17.7. The average molecular weight is 368 g/mol. The van der Waals surface area contributed by atoms with Crippen molar-refractivity contribution in [3.8, 4) is 6.07 Å². The van der Waals surface area contributed by atoms with E-state index in [1.54, 1.807) is 36.4 Å². The molecule has 0 amide bonds. The van der Waals surface area contributed by atoms with Crippen molar-refractivity contribution < 1.29 is 9.18 Å². The molecule has 0 saturated heterocycles. The number of benzene rings is 3. The number of hydrogen-bond acceptors (Lipinski definition) is 2. The van der Waals surface area contributed by atoms with E-state index in [0.717, 1.165) is 22.0 Å². The number of rotatable bonds is 5. The van der Waals surface area contributed by atoms with Crippen LogP contribution < -0.4 is 0 Å². The van der Waals surface area contributed by atoms with Crippen LogP contribution in [0.4, 0.5) is 4.39 Å². The Balaban J connectivity index is 1.73. The van der Waals surface area contributed by atoms with Gasteiger partial charge >= 0.3 is 0 Å². The molecule has 4 aromatic rings. The fraction of sp³-hybridized carbons (Fsp3) is 0.0833. The molecular weight excluding hydrogens is 351 g/mol. The molecule has 4 heteroatoms. The first-order valence-corrected chi connectivity index (χ1v) is 9.00. The smallest absolute Gasteiger partial charge is 0.163 e.